The molecule has 8 nitrogen and oxygen atoms in total. The van der Waals surface area contributed by atoms with Crippen LogP contribution in [0.25, 0.3) is 0 Å². The van der Waals surface area contributed by atoms with Crippen LogP contribution < -0.4 is 0 Å². The van der Waals surface area contributed by atoms with Gasteiger partial charge in [0.2, 0.25) is 5.91 Å². The molecule has 3 heterocycles. The number of amides is 1. The topological polar surface area (TPSA) is 98.8 Å². The second-order valence-corrected chi connectivity index (χ2v) is 7.02. The van der Waals surface area contributed by atoms with Crippen LogP contribution >= 0.6 is 0 Å². The number of fused-ring (bicyclic) bond motifs is 1. The van der Waals surface area contributed by atoms with Gasteiger partial charge in [-0.15, -0.1) is 0 Å². The van der Waals surface area contributed by atoms with Crippen LogP contribution in [0, 0.1) is 18.3 Å². The van der Waals surface area contributed by atoms with Crippen molar-refractivity contribution in [3.8, 4) is 0 Å². The zero-order valence-electron chi connectivity index (χ0n) is 14.8. The molecule has 0 spiro atoms. The highest BCUT2D eigenvalue weighted by Gasteiger charge is 2.58. The third kappa shape index (κ3) is 3.41. The second-order valence-electron chi connectivity index (χ2n) is 7.02. The van der Waals surface area contributed by atoms with Crippen LogP contribution in [0.2, 0.25) is 0 Å². The van der Waals surface area contributed by atoms with E-state index >= 15 is 0 Å². The predicted molar refractivity (Wildman–Crippen MR) is 89.9 cm³/mol. The van der Waals surface area contributed by atoms with Gasteiger partial charge in [0.25, 0.3) is 0 Å². The summed E-state index contributed by atoms with van der Waals surface area (Å²) in [7, 11) is 0. The van der Waals surface area contributed by atoms with Crippen molar-refractivity contribution in [3.63, 3.8) is 0 Å². The number of carboxylic acid groups (broad SMARTS) is 1. The fourth-order valence-electron chi connectivity index (χ4n) is 4.00. The van der Waals surface area contributed by atoms with Crippen molar-refractivity contribution in [1.29, 1.82) is 0 Å². The third-order valence-electron chi connectivity index (χ3n) is 5.43. The Kier molecular flexibility index (Phi) is 5.10. The fraction of sp³-hybridized carbons (Fsp3) is 0.706. The first-order valence-corrected chi connectivity index (χ1v) is 8.76. The van der Waals surface area contributed by atoms with Gasteiger partial charge in [-0.3, -0.25) is 14.5 Å². The van der Waals surface area contributed by atoms with E-state index in [1.54, 1.807) is 11.2 Å². The van der Waals surface area contributed by atoms with Crippen LogP contribution in [-0.4, -0.2) is 76.1 Å². The highest BCUT2D eigenvalue weighted by atomic mass is 16.5. The number of hydrogen-bond donors (Lipinski definition) is 2. The molecule has 0 aliphatic carbocycles. The summed E-state index contributed by atoms with van der Waals surface area (Å²) in [5.41, 5.74) is 1.09. The lowest BCUT2D eigenvalue weighted by Crippen LogP contribution is -2.42. The Labute approximate surface area is 147 Å². The Balaban J connectivity index is 1.65. The van der Waals surface area contributed by atoms with Gasteiger partial charge in [0.05, 0.1) is 25.0 Å². The van der Waals surface area contributed by atoms with Gasteiger partial charge in [0, 0.05) is 50.9 Å². The zero-order valence-corrected chi connectivity index (χ0v) is 14.8. The van der Waals surface area contributed by atoms with E-state index in [9.17, 15) is 14.7 Å². The number of imidazole rings is 1. The minimum atomic E-state index is -0.870. The van der Waals surface area contributed by atoms with Crippen LogP contribution in [0.3, 0.4) is 0 Å². The molecule has 2 atom stereocenters. The molecule has 8 heteroatoms. The smallest absolute Gasteiger partial charge is 0.313 e. The lowest BCUT2D eigenvalue weighted by Gasteiger charge is -2.25. The summed E-state index contributed by atoms with van der Waals surface area (Å²) < 4.78 is 5.24. The second kappa shape index (κ2) is 7.13. The monoisotopic (exact) mass is 350 g/mol. The number of likely N-dealkylation sites (tertiary alicyclic amines) is 2. The SMILES string of the molecule is CCOCCC(=O)N1C[C@H]2CN(Cc3nc[nH]c3C)C[C@@]2(C(=O)O)C1. The summed E-state index contributed by atoms with van der Waals surface area (Å²) in [6.07, 6.45) is 1.97. The molecule has 1 aromatic heterocycles. The third-order valence-corrected chi connectivity index (χ3v) is 5.43. The standard InChI is InChI=1S/C17H26N4O4/c1-3-25-5-4-15(22)21-7-13-6-20(8-14-12(2)18-11-19-14)9-17(13,10-21)16(23)24/h11,13H,3-10H2,1-2H3,(H,18,19)(H,23,24)/t13-,17-/m1/s1. The predicted octanol–water partition coefficient (Wildman–Crippen LogP) is 0.490. The van der Waals surface area contributed by atoms with Gasteiger partial charge in [-0.05, 0) is 13.8 Å². The maximum atomic E-state index is 12.3. The first kappa shape index (κ1) is 17.9. The molecule has 2 aliphatic rings. The molecule has 3 rings (SSSR count). The molecule has 0 saturated carbocycles. The quantitative estimate of drug-likeness (QED) is 0.695. The Morgan fingerprint density at radius 2 is 2.24 bits per heavy atom. The van der Waals surface area contributed by atoms with Gasteiger partial charge >= 0.3 is 5.97 Å². The van der Waals surface area contributed by atoms with Gasteiger partial charge < -0.3 is 19.7 Å². The van der Waals surface area contributed by atoms with Crippen molar-refractivity contribution >= 4 is 11.9 Å². The van der Waals surface area contributed by atoms with Crippen LogP contribution in [0.4, 0.5) is 0 Å². The number of carbonyl (C=O) groups is 2. The van der Waals surface area contributed by atoms with E-state index in [0.29, 0.717) is 45.8 Å². The zero-order chi connectivity index (χ0) is 18.0. The van der Waals surface area contributed by atoms with E-state index in [1.165, 1.54) is 0 Å². The Morgan fingerprint density at radius 3 is 2.84 bits per heavy atom. The molecular formula is C17H26N4O4. The van der Waals surface area contributed by atoms with Gasteiger partial charge in [0.15, 0.2) is 0 Å². The van der Waals surface area contributed by atoms with Crippen LogP contribution in [0.1, 0.15) is 24.7 Å². The minimum Gasteiger partial charge on any atom is -0.481 e. The van der Waals surface area contributed by atoms with Crippen LogP contribution in [0.15, 0.2) is 6.33 Å². The molecule has 1 aromatic rings. The van der Waals surface area contributed by atoms with Crippen LogP contribution in [0.5, 0.6) is 0 Å². The van der Waals surface area contributed by atoms with E-state index in [4.69, 9.17) is 4.74 Å². The summed E-state index contributed by atoms with van der Waals surface area (Å²) in [6, 6.07) is 0. The number of aromatic amines is 1. The fourth-order valence-corrected chi connectivity index (χ4v) is 4.00. The summed E-state index contributed by atoms with van der Waals surface area (Å²) >= 11 is 0. The molecule has 2 fully saturated rings. The molecule has 25 heavy (non-hydrogen) atoms. The summed E-state index contributed by atoms with van der Waals surface area (Å²) in [5.74, 6) is -0.864. The van der Waals surface area contributed by atoms with Crippen molar-refractivity contribution in [1.82, 2.24) is 19.8 Å². The molecule has 0 unspecified atom stereocenters. The van der Waals surface area contributed by atoms with E-state index < -0.39 is 11.4 Å². The van der Waals surface area contributed by atoms with Gasteiger partial charge in [-0.25, -0.2) is 4.98 Å². The maximum Gasteiger partial charge on any atom is 0.313 e. The van der Waals surface area contributed by atoms with Crippen LogP contribution in [-0.2, 0) is 20.9 Å². The number of aliphatic carboxylic acids is 1. The number of nitrogens with one attached hydrogen (secondary N) is 1. The number of H-pyrrole nitrogens is 1. The maximum absolute atomic E-state index is 12.3. The average Bonchev–Trinajstić information content (AvgIpc) is 3.21. The molecule has 0 aromatic carbocycles. The number of carbonyl (C=O) groups excluding carboxylic acids is 1. The molecular weight excluding hydrogens is 324 g/mol. The van der Waals surface area contributed by atoms with E-state index in [0.717, 1.165) is 11.4 Å². The van der Waals surface area contributed by atoms with Crippen molar-refractivity contribution in [2.24, 2.45) is 11.3 Å². The highest BCUT2D eigenvalue weighted by Crippen LogP contribution is 2.43. The number of carboxylic acids is 1. The lowest BCUT2D eigenvalue weighted by molar-refractivity contribution is -0.149. The largest absolute Gasteiger partial charge is 0.481 e. The number of nitrogens with zero attached hydrogens (tertiary/aromatic N) is 3. The minimum absolute atomic E-state index is 0.0156. The number of aromatic nitrogens is 2. The Hall–Kier alpha value is -1.93. The molecule has 2 saturated heterocycles. The number of rotatable bonds is 7. The summed E-state index contributed by atoms with van der Waals surface area (Å²) in [5, 5.41) is 9.88. The van der Waals surface area contributed by atoms with E-state index in [2.05, 4.69) is 14.9 Å². The lowest BCUT2D eigenvalue weighted by atomic mass is 9.81. The first-order valence-electron chi connectivity index (χ1n) is 8.76. The number of ether oxygens (including phenoxy) is 1. The van der Waals surface area contributed by atoms with Crippen molar-refractivity contribution in [2.75, 3.05) is 39.4 Å². The highest BCUT2D eigenvalue weighted by molar-refractivity contribution is 5.81. The van der Waals surface area contributed by atoms with E-state index in [1.807, 2.05) is 13.8 Å². The molecule has 2 aliphatic heterocycles. The van der Waals surface area contributed by atoms with Crippen molar-refractivity contribution < 1.29 is 19.4 Å². The van der Waals surface area contributed by atoms with Gasteiger partial charge in [-0.2, -0.15) is 0 Å². The average molecular weight is 350 g/mol. The Bertz CT molecular complexity index is 646. The molecule has 2 N–H and O–H groups in total. The van der Waals surface area contributed by atoms with Crippen molar-refractivity contribution in [2.45, 2.75) is 26.8 Å². The number of hydrogen-bond acceptors (Lipinski definition) is 5. The number of aryl methyl sites for hydroxylation is 1. The normalized spacial score (nSPS) is 26.2. The molecule has 0 bridgehead atoms. The van der Waals surface area contributed by atoms with Crippen molar-refractivity contribution in [3.05, 3.63) is 17.7 Å². The van der Waals surface area contributed by atoms with E-state index in [-0.39, 0.29) is 18.4 Å². The molecule has 0 radical (unpaired) electrons. The first-order chi connectivity index (χ1) is 12.0. The summed E-state index contributed by atoms with van der Waals surface area (Å²) in [4.78, 5) is 35.6. The summed E-state index contributed by atoms with van der Waals surface area (Å²) in [6.45, 7) is 7.38. The van der Waals surface area contributed by atoms with Gasteiger partial charge in [-0.1, -0.05) is 0 Å². The Morgan fingerprint density at radius 1 is 1.44 bits per heavy atom. The molecule has 138 valence electrons. The van der Waals surface area contributed by atoms with Gasteiger partial charge in [0.1, 0.15) is 5.41 Å². The molecule has 1 amide bonds.